The Kier molecular flexibility index (Phi) is 5.53. The van der Waals surface area contributed by atoms with Gasteiger partial charge in [-0.1, -0.05) is 0 Å². The number of carbonyl (C=O) groups is 1. The molecule has 9 nitrogen and oxygen atoms in total. The minimum Gasteiger partial charge on any atom is -0.341 e. The van der Waals surface area contributed by atoms with Crippen molar-refractivity contribution in [2.45, 2.75) is 63.6 Å². The lowest BCUT2D eigenvalue weighted by Gasteiger charge is -2.35. The summed E-state index contributed by atoms with van der Waals surface area (Å²) in [4.78, 5) is 18.3. The highest BCUT2D eigenvalue weighted by atomic mass is 35.5. The number of hydrogen-bond acceptors (Lipinski definition) is 6. The highest BCUT2D eigenvalue weighted by Gasteiger charge is 2.36. The minimum absolute atomic E-state index is 0. The predicted octanol–water partition coefficient (Wildman–Crippen LogP) is 1.12. The topological polar surface area (TPSA) is 108 Å². The fourth-order valence-corrected chi connectivity index (χ4v) is 3.66. The van der Waals surface area contributed by atoms with E-state index in [1.165, 1.54) is 19.2 Å². The van der Waals surface area contributed by atoms with Crippen molar-refractivity contribution in [3.63, 3.8) is 0 Å². The van der Waals surface area contributed by atoms with Gasteiger partial charge >= 0.3 is 0 Å². The van der Waals surface area contributed by atoms with Crippen molar-refractivity contribution < 1.29 is 4.79 Å². The molecule has 2 aromatic heterocycles. The fourth-order valence-electron chi connectivity index (χ4n) is 3.66. The smallest absolute Gasteiger partial charge is 0.242 e. The first kappa shape index (κ1) is 19.8. The van der Waals surface area contributed by atoms with Crippen LogP contribution in [0.4, 0.5) is 0 Å². The van der Waals surface area contributed by atoms with Gasteiger partial charge < -0.3 is 15.2 Å². The summed E-state index contributed by atoms with van der Waals surface area (Å²) in [6, 6.07) is 0.501. The van der Waals surface area contributed by atoms with Gasteiger partial charge in [-0.05, 0) is 39.5 Å². The molecule has 2 N–H and O–H groups in total. The molecule has 3 heterocycles. The van der Waals surface area contributed by atoms with Gasteiger partial charge in [0.25, 0.3) is 0 Å². The van der Waals surface area contributed by atoms with E-state index in [9.17, 15) is 4.79 Å². The van der Waals surface area contributed by atoms with Crippen LogP contribution < -0.4 is 5.73 Å². The third-order valence-electron chi connectivity index (χ3n) is 5.17. The quantitative estimate of drug-likeness (QED) is 0.814. The Morgan fingerprint density at radius 2 is 1.93 bits per heavy atom. The average molecular weight is 395 g/mol. The van der Waals surface area contributed by atoms with Gasteiger partial charge in [-0.25, -0.2) is 9.67 Å². The van der Waals surface area contributed by atoms with Gasteiger partial charge in [0.1, 0.15) is 25.0 Å². The molecule has 2 fully saturated rings. The lowest BCUT2D eigenvalue weighted by atomic mass is 9.94. The van der Waals surface area contributed by atoms with Gasteiger partial charge in [0, 0.05) is 25.0 Å². The fraction of sp³-hybridized carbons (Fsp3) is 0.706. The van der Waals surface area contributed by atoms with E-state index >= 15 is 0 Å². The summed E-state index contributed by atoms with van der Waals surface area (Å²) in [5.74, 6) is 2.35. The van der Waals surface area contributed by atoms with Crippen molar-refractivity contribution in [2.75, 3.05) is 13.1 Å². The standard InChI is InChI=1S/C17H26N8O.ClH/c1-17(2,18)16(26)23-7-5-12(6-8-23)15-22-21-14(25(15)13-3-4-13)9-24-11-19-10-20-24;/h10-13H,3-9,18H2,1-2H3;1H. The van der Waals surface area contributed by atoms with E-state index in [0.29, 0.717) is 18.5 Å². The molecule has 0 unspecified atom stereocenters. The molecule has 1 amide bonds. The van der Waals surface area contributed by atoms with Gasteiger partial charge in [0.05, 0.1) is 5.54 Å². The third-order valence-corrected chi connectivity index (χ3v) is 5.17. The van der Waals surface area contributed by atoms with Gasteiger partial charge in [-0.2, -0.15) is 5.10 Å². The summed E-state index contributed by atoms with van der Waals surface area (Å²) >= 11 is 0. The Hall–Kier alpha value is -2.00. The van der Waals surface area contributed by atoms with Crippen LogP contribution >= 0.6 is 12.4 Å². The molecule has 0 bridgehead atoms. The number of rotatable bonds is 5. The first-order valence-electron chi connectivity index (χ1n) is 9.28. The third kappa shape index (κ3) is 4.14. The zero-order chi connectivity index (χ0) is 18.3. The van der Waals surface area contributed by atoms with Gasteiger partial charge in [-0.15, -0.1) is 22.6 Å². The number of likely N-dealkylation sites (tertiary alicyclic amines) is 1. The SMILES string of the molecule is CC(C)(N)C(=O)N1CCC(c2nnc(Cn3cncn3)n2C2CC2)CC1.Cl. The van der Waals surface area contributed by atoms with Crippen molar-refractivity contribution in [1.29, 1.82) is 0 Å². The zero-order valence-corrected chi connectivity index (χ0v) is 16.6. The Labute approximate surface area is 164 Å². The Balaban J connectivity index is 0.00000210. The normalized spacial score (nSPS) is 18.4. The monoisotopic (exact) mass is 394 g/mol. The Bertz CT molecular complexity index is 769. The molecule has 1 saturated carbocycles. The lowest BCUT2D eigenvalue weighted by Crippen LogP contribution is -2.53. The number of piperidine rings is 1. The molecule has 0 radical (unpaired) electrons. The van der Waals surface area contributed by atoms with Crippen LogP contribution in [0.2, 0.25) is 0 Å². The summed E-state index contributed by atoms with van der Waals surface area (Å²) in [6.07, 6.45) is 7.38. The Morgan fingerprint density at radius 3 is 2.48 bits per heavy atom. The number of nitrogens with two attached hydrogens (primary N) is 1. The minimum atomic E-state index is -0.814. The molecular formula is C17H27ClN8O. The van der Waals surface area contributed by atoms with Crippen molar-refractivity contribution in [3.05, 3.63) is 24.3 Å². The lowest BCUT2D eigenvalue weighted by molar-refractivity contribution is -0.136. The number of aromatic nitrogens is 6. The molecule has 27 heavy (non-hydrogen) atoms. The van der Waals surface area contributed by atoms with E-state index in [2.05, 4.69) is 24.8 Å². The van der Waals surface area contributed by atoms with Crippen molar-refractivity contribution in [3.8, 4) is 0 Å². The van der Waals surface area contributed by atoms with Crippen LogP contribution in [0.15, 0.2) is 12.7 Å². The number of nitrogens with zero attached hydrogens (tertiary/aromatic N) is 7. The molecular weight excluding hydrogens is 368 g/mol. The number of carbonyl (C=O) groups excluding carboxylic acids is 1. The van der Waals surface area contributed by atoms with E-state index in [-0.39, 0.29) is 18.3 Å². The molecule has 148 valence electrons. The molecule has 4 rings (SSSR count). The van der Waals surface area contributed by atoms with Crippen LogP contribution in [-0.4, -0.2) is 59.0 Å². The van der Waals surface area contributed by atoms with E-state index in [1.54, 1.807) is 24.9 Å². The molecule has 0 spiro atoms. The van der Waals surface area contributed by atoms with Gasteiger partial charge in [-0.3, -0.25) is 4.79 Å². The molecule has 0 aromatic carbocycles. The van der Waals surface area contributed by atoms with Crippen molar-refractivity contribution in [2.24, 2.45) is 5.73 Å². The van der Waals surface area contributed by atoms with Gasteiger partial charge in [0.15, 0.2) is 5.82 Å². The van der Waals surface area contributed by atoms with Crippen LogP contribution in [0.1, 0.15) is 63.1 Å². The van der Waals surface area contributed by atoms with E-state index in [0.717, 1.165) is 37.6 Å². The molecule has 2 aliphatic rings. The largest absolute Gasteiger partial charge is 0.341 e. The summed E-state index contributed by atoms with van der Waals surface area (Å²) in [7, 11) is 0. The molecule has 0 atom stereocenters. The van der Waals surface area contributed by atoms with Crippen LogP contribution in [0, 0.1) is 0 Å². The van der Waals surface area contributed by atoms with Crippen LogP contribution in [0.5, 0.6) is 0 Å². The summed E-state index contributed by atoms with van der Waals surface area (Å²) < 4.78 is 4.08. The first-order valence-corrected chi connectivity index (χ1v) is 9.28. The highest BCUT2D eigenvalue weighted by molar-refractivity contribution is 5.85. The first-order chi connectivity index (χ1) is 12.4. The highest BCUT2D eigenvalue weighted by Crippen LogP contribution is 2.40. The maximum Gasteiger partial charge on any atom is 0.242 e. The summed E-state index contributed by atoms with van der Waals surface area (Å²) in [6.45, 7) is 5.56. The Morgan fingerprint density at radius 1 is 1.22 bits per heavy atom. The van der Waals surface area contributed by atoms with E-state index < -0.39 is 5.54 Å². The zero-order valence-electron chi connectivity index (χ0n) is 15.8. The molecule has 1 aliphatic heterocycles. The number of halogens is 1. The van der Waals surface area contributed by atoms with Crippen LogP contribution in [-0.2, 0) is 11.3 Å². The molecule has 1 saturated heterocycles. The van der Waals surface area contributed by atoms with Crippen molar-refractivity contribution >= 4 is 18.3 Å². The second kappa shape index (κ2) is 7.55. The second-order valence-electron chi connectivity index (χ2n) is 7.96. The number of hydrogen-bond donors (Lipinski definition) is 1. The maximum atomic E-state index is 12.4. The molecule has 10 heteroatoms. The second-order valence-corrected chi connectivity index (χ2v) is 7.96. The summed E-state index contributed by atoms with van der Waals surface area (Å²) in [5.41, 5.74) is 5.15. The molecule has 2 aromatic rings. The maximum absolute atomic E-state index is 12.4. The van der Waals surface area contributed by atoms with Crippen molar-refractivity contribution in [1.82, 2.24) is 34.4 Å². The number of amides is 1. The van der Waals surface area contributed by atoms with Crippen LogP contribution in [0.3, 0.4) is 0 Å². The average Bonchev–Trinajstić information content (AvgIpc) is 3.15. The summed E-state index contributed by atoms with van der Waals surface area (Å²) in [5, 5.41) is 13.1. The van der Waals surface area contributed by atoms with Crippen LogP contribution in [0.25, 0.3) is 0 Å². The van der Waals surface area contributed by atoms with E-state index in [1.807, 2.05) is 4.90 Å². The van der Waals surface area contributed by atoms with Gasteiger partial charge in [0.2, 0.25) is 5.91 Å². The predicted molar refractivity (Wildman–Crippen MR) is 101 cm³/mol. The van der Waals surface area contributed by atoms with E-state index in [4.69, 9.17) is 5.73 Å². The molecule has 1 aliphatic carbocycles.